The van der Waals surface area contributed by atoms with Crippen molar-refractivity contribution < 1.29 is 9.47 Å². The Bertz CT molecular complexity index is 129. The van der Waals surface area contributed by atoms with Crippen molar-refractivity contribution in [2.24, 2.45) is 0 Å². The van der Waals surface area contributed by atoms with Gasteiger partial charge in [0.2, 0.25) is 0 Å². The van der Waals surface area contributed by atoms with Crippen molar-refractivity contribution in [1.82, 2.24) is 0 Å². The summed E-state index contributed by atoms with van der Waals surface area (Å²) < 4.78 is 10.3. The fourth-order valence-electron chi connectivity index (χ4n) is 1.19. The third-order valence-electron chi connectivity index (χ3n) is 1.92. The monoisotopic (exact) mass is 142 g/mol. The number of methoxy groups -OCH3 is 2. The summed E-state index contributed by atoms with van der Waals surface area (Å²) in [6.07, 6.45) is 5.64. The van der Waals surface area contributed by atoms with Gasteiger partial charge in [0.25, 0.3) is 0 Å². The number of hydrogen-bond acceptors (Lipinski definition) is 2. The van der Waals surface area contributed by atoms with Crippen LogP contribution >= 0.6 is 0 Å². The van der Waals surface area contributed by atoms with E-state index in [0.717, 1.165) is 25.0 Å². The van der Waals surface area contributed by atoms with Gasteiger partial charge in [-0.2, -0.15) is 0 Å². The van der Waals surface area contributed by atoms with Crippen LogP contribution in [0.2, 0.25) is 0 Å². The van der Waals surface area contributed by atoms with Crippen LogP contribution in [0.3, 0.4) is 0 Å². The Labute approximate surface area is 61.8 Å². The molecule has 0 heterocycles. The summed E-state index contributed by atoms with van der Waals surface area (Å²) in [7, 11) is 3.48. The van der Waals surface area contributed by atoms with Crippen molar-refractivity contribution in [3.63, 3.8) is 0 Å². The van der Waals surface area contributed by atoms with Gasteiger partial charge >= 0.3 is 0 Å². The molecule has 0 N–H and O–H groups in total. The van der Waals surface area contributed by atoms with Crippen LogP contribution in [-0.4, -0.2) is 20.3 Å². The molecule has 1 unspecified atom stereocenters. The molecule has 58 valence electrons. The molecule has 1 rings (SSSR count). The van der Waals surface area contributed by atoms with Crippen LogP contribution < -0.4 is 0 Å². The largest absolute Gasteiger partial charge is 0.501 e. The molecule has 0 bridgehead atoms. The Morgan fingerprint density at radius 3 is 2.70 bits per heavy atom. The van der Waals surface area contributed by atoms with Crippen LogP contribution in [0.25, 0.3) is 0 Å². The molecule has 0 fully saturated rings. The van der Waals surface area contributed by atoms with E-state index in [0.29, 0.717) is 6.10 Å². The van der Waals surface area contributed by atoms with Crippen LogP contribution in [0.4, 0.5) is 0 Å². The van der Waals surface area contributed by atoms with E-state index in [9.17, 15) is 0 Å². The number of hydrogen-bond donors (Lipinski definition) is 0. The molecule has 0 radical (unpaired) electrons. The Morgan fingerprint density at radius 2 is 2.30 bits per heavy atom. The third kappa shape index (κ3) is 1.74. The van der Waals surface area contributed by atoms with Crippen LogP contribution in [-0.2, 0) is 9.47 Å². The lowest BCUT2D eigenvalue weighted by Crippen LogP contribution is -2.13. The van der Waals surface area contributed by atoms with Crippen LogP contribution in [0.15, 0.2) is 11.8 Å². The highest BCUT2D eigenvalue weighted by Gasteiger charge is 2.12. The molecule has 0 aliphatic heterocycles. The van der Waals surface area contributed by atoms with E-state index in [4.69, 9.17) is 9.47 Å². The first-order valence-corrected chi connectivity index (χ1v) is 3.62. The van der Waals surface area contributed by atoms with Crippen molar-refractivity contribution in [3.8, 4) is 0 Å². The van der Waals surface area contributed by atoms with Crippen molar-refractivity contribution >= 4 is 0 Å². The minimum atomic E-state index is 0.416. The van der Waals surface area contributed by atoms with Crippen molar-refractivity contribution in [3.05, 3.63) is 11.8 Å². The lowest BCUT2D eigenvalue weighted by atomic mass is 10.0. The normalized spacial score (nSPS) is 25.8. The SMILES string of the molecule is COC1=CCC(OC)CC1. The van der Waals surface area contributed by atoms with E-state index in [-0.39, 0.29) is 0 Å². The predicted octanol–water partition coefficient (Wildman–Crippen LogP) is 1.72. The van der Waals surface area contributed by atoms with Gasteiger partial charge in [-0.1, -0.05) is 0 Å². The van der Waals surface area contributed by atoms with Gasteiger partial charge in [-0.05, 0) is 18.9 Å². The maximum Gasteiger partial charge on any atom is 0.0917 e. The second kappa shape index (κ2) is 3.62. The van der Waals surface area contributed by atoms with Crippen molar-refractivity contribution in [1.29, 1.82) is 0 Å². The van der Waals surface area contributed by atoms with Gasteiger partial charge in [0.05, 0.1) is 19.0 Å². The van der Waals surface area contributed by atoms with Gasteiger partial charge in [-0.15, -0.1) is 0 Å². The smallest absolute Gasteiger partial charge is 0.0917 e. The fourth-order valence-corrected chi connectivity index (χ4v) is 1.19. The van der Waals surface area contributed by atoms with Gasteiger partial charge in [0.15, 0.2) is 0 Å². The number of rotatable bonds is 2. The second-order valence-corrected chi connectivity index (χ2v) is 2.51. The lowest BCUT2D eigenvalue weighted by Gasteiger charge is -2.19. The molecule has 1 atom stereocenters. The highest BCUT2D eigenvalue weighted by atomic mass is 16.5. The molecule has 0 aromatic heterocycles. The highest BCUT2D eigenvalue weighted by Crippen LogP contribution is 2.19. The summed E-state index contributed by atoms with van der Waals surface area (Å²) in [6, 6.07) is 0. The van der Waals surface area contributed by atoms with E-state index in [1.165, 1.54) is 0 Å². The molecule has 1 aliphatic rings. The first-order valence-electron chi connectivity index (χ1n) is 3.62. The summed E-state index contributed by atoms with van der Waals surface area (Å²) in [5, 5.41) is 0. The number of allylic oxidation sites excluding steroid dienone is 1. The zero-order chi connectivity index (χ0) is 7.40. The molecule has 0 saturated heterocycles. The molecule has 1 aliphatic carbocycles. The summed E-state index contributed by atoms with van der Waals surface area (Å²) in [6.45, 7) is 0. The van der Waals surface area contributed by atoms with E-state index in [2.05, 4.69) is 6.08 Å². The second-order valence-electron chi connectivity index (χ2n) is 2.51. The minimum absolute atomic E-state index is 0.416. The molecular formula is C8H14O2. The Kier molecular flexibility index (Phi) is 2.75. The minimum Gasteiger partial charge on any atom is -0.501 e. The molecule has 2 nitrogen and oxygen atoms in total. The summed E-state index contributed by atoms with van der Waals surface area (Å²) in [4.78, 5) is 0. The van der Waals surface area contributed by atoms with Gasteiger partial charge in [0.1, 0.15) is 0 Å². The lowest BCUT2D eigenvalue weighted by molar-refractivity contribution is 0.0854. The topological polar surface area (TPSA) is 18.5 Å². The van der Waals surface area contributed by atoms with Crippen LogP contribution in [0.5, 0.6) is 0 Å². The quantitative estimate of drug-likeness (QED) is 0.584. The average molecular weight is 142 g/mol. The van der Waals surface area contributed by atoms with E-state index in [1.807, 2.05) is 0 Å². The van der Waals surface area contributed by atoms with Crippen LogP contribution in [0, 0.1) is 0 Å². The molecule has 2 heteroatoms. The highest BCUT2D eigenvalue weighted by molar-refractivity contribution is 4.99. The molecule has 0 saturated carbocycles. The van der Waals surface area contributed by atoms with Crippen molar-refractivity contribution in [2.45, 2.75) is 25.4 Å². The summed E-state index contributed by atoms with van der Waals surface area (Å²) in [5.74, 6) is 1.10. The molecule has 0 spiro atoms. The fraction of sp³-hybridized carbons (Fsp3) is 0.750. The molecule has 0 amide bonds. The summed E-state index contributed by atoms with van der Waals surface area (Å²) >= 11 is 0. The molecular weight excluding hydrogens is 128 g/mol. The van der Waals surface area contributed by atoms with Gasteiger partial charge in [-0.3, -0.25) is 0 Å². The van der Waals surface area contributed by atoms with Gasteiger partial charge in [0, 0.05) is 13.5 Å². The standard InChI is InChI=1S/C8H14O2/c1-9-7-3-5-8(10-2)6-4-7/h3,8H,4-6H2,1-2H3. The first-order chi connectivity index (χ1) is 4.86. The van der Waals surface area contributed by atoms with E-state index in [1.54, 1.807) is 14.2 Å². The van der Waals surface area contributed by atoms with Gasteiger partial charge < -0.3 is 9.47 Å². The molecule has 10 heavy (non-hydrogen) atoms. The van der Waals surface area contributed by atoms with Crippen LogP contribution in [0.1, 0.15) is 19.3 Å². The Balaban J connectivity index is 2.36. The first kappa shape index (κ1) is 7.61. The van der Waals surface area contributed by atoms with Gasteiger partial charge in [-0.25, -0.2) is 0 Å². The molecule has 0 aromatic carbocycles. The zero-order valence-electron chi connectivity index (χ0n) is 6.59. The summed E-state index contributed by atoms with van der Waals surface area (Å²) in [5.41, 5.74) is 0. The Morgan fingerprint density at radius 1 is 1.50 bits per heavy atom. The zero-order valence-corrected chi connectivity index (χ0v) is 6.59. The predicted molar refractivity (Wildman–Crippen MR) is 39.7 cm³/mol. The van der Waals surface area contributed by atoms with Crippen molar-refractivity contribution in [2.75, 3.05) is 14.2 Å². The Hall–Kier alpha value is -0.500. The van der Waals surface area contributed by atoms with E-state index >= 15 is 0 Å². The van der Waals surface area contributed by atoms with E-state index < -0.39 is 0 Å². The average Bonchev–Trinajstić information content (AvgIpc) is 2.05. The number of ether oxygens (including phenoxy) is 2. The maximum atomic E-state index is 5.18. The molecule has 0 aromatic rings. The maximum absolute atomic E-state index is 5.18. The third-order valence-corrected chi connectivity index (χ3v) is 1.92.